The van der Waals surface area contributed by atoms with E-state index in [1.165, 1.54) is 0 Å². The molecule has 1 heterocycles. The van der Waals surface area contributed by atoms with Crippen molar-refractivity contribution in [1.29, 1.82) is 0 Å². The van der Waals surface area contributed by atoms with Crippen LogP contribution in [0.25, 0.3) is 0 Å². The van der Waals surface area contributed by atoms with Crippen LogP contribution in [0.3, 0.4) is 0 Å². The number of amides is 1. The van der Waals surface area contributed by atoms with Crippen molar-refractivity contribution >= 4 is 18.3 Å². The Bertz CT molecular complexity index is 539. The average Bonchev–Trinajstić information content (AvgIpc) is 3.03. The molecule has 0 aliphatic carbocycles. The number of carbonyl (C=O) groups excluding carboxylic acids is 1. The highest BCUT2D eigenvalue weighted by Crippen LogP contribution is 2.23. The monoisotopic (exact) mass is 356 g/mol. The molecule has 1 aromatic carbocycles. The summed E-state index contributed by atoms with van der Waals surface area (Å²) >= 11 is 0. The van der Waals surface area contributed by atoms with Crippen molar-refractivity contribution in [2.24, 2.45) is 5.73 Å². The van der Waals surface area contributed by atoms with Gasteiger partial charge < -0.3 is 20.5 Å². The number of hydrogen-bond acceptors (Lipinski definition) is 4. The SMILES string of the molecule is CCC(C)Oc1cc(C)ccc1CNC(=O)[C@@H]1CC[C@H](CN)O1.Cl. The van der Waals surface area contributed by atoms with Gasteiger partial charge in [0.15, 0.2) is 0 Å². The van der Waals surface area contributed by atoms with Crippen molar-refractivity contribution < 1.29 is 14.3 Å². The highest BCUT2D eigenvalue weighted by atomic mass is 35.5. The number of rotatable bonds is 7. The quantitative estimate of drug-likeness (QED) is 0.787. The fourth-order valence-electron chi connectivity index (χ4n) is 2.59. The zero-order chi connectivity index (χ0) is 16.8. The van der Waals surface area contributed by atoms with Crippen molar-refractivity contribution in [3.8, 4) is 5.75 Å². The van der Waals surface area contributed by atoms with Gasteiger partial charge in [0, 0.05) is 18.7 Å². The van der Waals surface area contributed by atoms with Crippen molar-refractivity contribution in [2.45, 2.75) is 64.9 Å². The Morgan fingerprint density at radius 3 is 2.83 bits per heavy atom. The largest absolute Gasteiger partial charge is 0.490 e. The van der Waals surface area contributed by atoms with Crippen molar-refractivity contribution in [3.63, 3.8) is 0 Å². The van der Waals surface area contributed by atoms with E-state index in [0.29, 0.717) is 13.1 Å². The van der Waals surface area contributed by atoms with Gasteiger partial charge in [0.1, 0.15) is 11.9 Å². The molecule has 1 aliphatic heterocycles. The molecule has 3 atom stereocenters. The average molecular weight is 357 g/mol. The van der Waals surface area contributed by atoms with Crippen molar-refractivity contribution in [2.75, 3.05) is 6.54 Å². The fraction of sp³-hybridized carbons (Fsp3) is 0.611. The summed E-state index contributed by atoms with van der Waals surface area (Å²) in [5, 5.41) is 2.95. The molecule has 1 aromatic rings. The molecular weight excluding hydrogens is 328 g/mol. The molecule has 1 fully saturated rings. The van der Waals surface area contributed by atoms with Gasteiger partial charge in [0.2, 0.25) is 5.91 Å². The number of nitrogens with one attached hydrogen (secondary N) is 1. The number of hydrogen-bond donors (Lipinski definition) is 2. The van der Waals surface area contributed by atoms with Crippen LogP contribution in [0.4, 0.5) is 0 Å². The van der Waals surface area contributed by atoms with Crippen LogP contribution in [0.5, 0.6) is 5.75 Å². The van der Waals surface area contributed by atoms with Gasteiger partial charge >= 0.3 is 0 Å². The number of nitrogens with two attached hydrogens (primary N) is 1. The third-order valence-electron chi connectivity index (χ3n) is 4.24. The molecule has 6 heteroatoms. The Balaban J connectivity index is 0.00000288. The third kappa shape index (κ3) is 5.65. The molecule has 3 N–H and O–H groups in total. The van der Waals surface area contributed by atoms with E-state index >= 15 is 0 Å². The Labute approximate surface area is 150 Å². The van der Waals surface area contributed by atoms with Crippen molar-refractivity contribution in [3.05, 3.63) is 29.3 Å². The molecule has 0 radical (unpaired) electrons. The number of carbonyl (C=O) groups is 1. The van der Waals surface area contributed by atoms with Crippen LogP contribution in [0.1, 0.15) is 44.2 Å². The van der Waals surface area contributed by atoms with Gasteiger partial charge in [-0.05, 0) is 44.7 Å². The Morgan fingerprint density at radius 1 is 1.46 bits per heavy atom. The summed E-state index contributed by atoms with van der Waals surface area (Å²) in [5.41, 5.74) is 7.71. The zero-order valence-corrected chi connectivity index (χ0v) is 15.5. The molecule has 5 nitrogen and oxygen atoms in total. The number of halogens is 1. The van der Waals surface area contributed by atoms with Crippen LogP contribution < -0.4 is 15.8 Å². The standard InChI is InChI=1S/C18H28N2O3.ClH/c1-4-13(3)22-17-9-12(2)5-6-14(17)11-20-18(21)16-8-7-15(10-19)23-16;/h5-6,9,13,15-16H,4,7-8,10-11,19H2,1-3H3,(H,20,21);1H/t13?,15-,16+;/m1./s1. The Kier molecular flexibility index (Phi) is 8.53. The van der Waals surface area contributed by atoms with Crippen LogP contribution in [-0.2, 0) is 16.1 Å². The molecule has 0 bridgehead atoms. The van der Waals surface area contributed by atoms with E-state index in [4.69, 9.17) is 15.2 Å². The summed E-state index contributed by atoms with van der Waals surface area (Å²) in [7, 11) is 0. The Morgan fingerprint density at radius 2 is 2.21 bits per heavy atom. The lowest BCUT2D eigenvalue weighted by molar-refractivity contribution is -0.132. The molecule has 1 unspecified atom stereocenters. The Hall–Kier alpha value is -1.30. The third-order valence-corrected chi connectivity index (χ3v) is 4.24. The van der Waals surface area contributed by atoms with E-state index in [1.807, 2.05) is 32.0 Å². The van der Waals surface area contributed by atoms with Gasteiger partial charge in [-0.2, -0.15) is 0 Å². The van der Waals surface area contributed by atoms with E-state index < -0.39 is 0 Å². The summed E-state index contributed by atoms with van der Waals surface area (Å²) in [5.74, 6) is 0.767. The predicted molar refractivity (Wildman–Crippen MR) is 97.6 cm³/mol. The van der Waals surface area contributed by atoms with Gasteiger partial charge in [-0.25, -0.2) is 0 Å². The summed E-state index contributed by atoms with van der Waals surface area (Å²) < 4.78 is 11.6. The minimum Gasteiger partial charge on any atom is -0.490 e. The fourth-order valence-corrected chi connectivity index (χ4v) is 2.59. The van der Waals surface area contributed by atoms with E-state index in [0.717, 1.165) is 36.1 Å². The maximum absolute atomic E-state index is 12.2. The molecule has 1 saturated heterocycles. The van der Waals surface area contributed by atoms with Gasteiger partial charge in [-0.1, -0.05) is 19.1 Å². The molecule has 2 rings (SSSR count). The first-order valence-electron chi connectivity index (χ1n) is 8.42. The first kappa shape index (κ1) is 20.7. The summed E-state index contributed by atoms with van der Waals surface area (Å²) in [4.78, 5) is 12.2. The van der Waals surface area contributed by atoms with E-state index in [9.17, 15) is 4.79 Å². The molecule has 24 heavy (non-hydrogen) atoms. The highest BCUT2D eigenvalue weighted by Gasteiger charge is 2.29. The van der Waals surface area contributed by atoms with Gasteiger partial charge in [-0.15, -0.1) is 12.4 Å². The maximum atomic E-state index is 12.2. The lowest BCUT2D eigenvalue weighted by Crippen LogP contribution is -2.35. The molecule has 0 saturated carbocycles. The van der Waals surface area contributed by atoms with Crippen molar-refractivity contribution in [1.82, 2.24) is 5.32 Å². The van der Waals surface area contributed by atoms with Gasteiger partial charge in [-0.3, -0.25) is 4.79 Å². The van der Waals surface area contributed by atoms with E-state index in [2.05, 4.69) is 12.2 Å². The van der Waals surface area contributed by atoms with Gasteiger partial charge in [0.05, 0.1) is 12.2 Å². The molecule has 0 spiro atoms. The topological polar surface area (TPSA) is 73.6 Å². The smallest absolute Gasteiger partial charge is 0.249 e. The number of aryl methyl sites for hydroxylation is 1. The lowest BCUT2D eigenvalue weighted by atomic mass is 10.1. The minimum absolute atomic E-state index is 0. The first-order valence-corrected chi connectivity index (χ1v) is 8.42. The second-order valence-corrected chi connectivity index (χ2v) is 6.23. The first-order chi connectivity index (χ1) is 11.0. The molecule has 1 aliphatic rings. The van der Waals surface area contributed by atoms with Crippen LogP contribution in [0.15, 0.2) is 18.2 Å². The summed E-state index contributed by atoms with van der Waals surface area (Å²) in [6.45, 7) is 7.08. The lowest BCUT2D eigenvalue weighted by Gasteiger charge is -2.18. The molecule has 0 aromatic heterocycles. The molecule has 136 valence electrons. The normalized spacial score (nSPS) is 21.0. The summed E-state index contributed by atoms with van der Waals surface area (Å²) in [6.07, 6.45) is 2.30. The maximum Gasteiger partial charge on any atom is 0.249 e. The summed E-state index contributed by atoms with van der Waals surface area (Å²) in [6, 6.07) is 6.05. The van der Waals surface area contributed by atoms with E-state index in [-0.39, 0.29) is 36.6 Å². The second-order valence-electron chi connectivity index (χ2n) is 6.23. The van der Waals surface area contributed by atoms with Crippen LogP contribution in [-0.4, -0.2) is 30.8 Å². The van der Waals surface area contributed by atoms with Gasteiger partial charge in [0.25, 0.3) is 0 Å². The predicted octanol–water partition coefficient (Wildman–Crippen LogP) is 2.72. The minimum atomic E-state index is -0.382. The van der Waals surface area contributed by atoms with Crippen LogP contribution in [0.2, 0.25) is 0 Å². The zero-order valence-electron chi connectivity index (χ0n) is 14.7. The molecular formula is C18H29ClN2O3. The van der Waals surface area contributed by atoms with E-state index in [1.54, 1.807) is 0 Å². The van der Waals surface area contributed by atoms with Crippen LogP contribution >= 0.6 is 12.4 Å². The van der Waals surface area contributed by atoms with Crippen LogP contribution in [0, 0.1) is 6.92 Å². The number of ether oxygens (including phenoxy) is 2. The number of benzene rings is 1. The molecule has 1 amide bonds. The highest BCUT2D eigenvalue weighted by molar-refractivity contribution is 5.85. The second kappa shape index (κ2) is 9.87.